The highest BCUT2D eigenvalue weighted by atomic mass is 32.2. The number of hydrogen-bond donors (Lipinski definition) is 1. The van der Waals surface area contributed by atoms with Crippen LogP contribution in [0.2, 0.25) is 0 Å². The third-order valence-electron chi connectivity index (χ3n) is 5.18. The minimum absolute atomic E-state index is 0.0122. The van der Waals surface area contributed by atoms with E-state index < -0.39 is 10.0 Å². The van der Waals surface area contributed by atoms with E-state index in [-0.39, 0.29) is 30.2 Å². The number of hydrogen-bond acceptors (Lipinski definition) is 4. The molecule has 0 saturated carbocycles. The maximum absolute atomic E-state index is 13.3. The Labute approximate surface area is 170 Å². The van der Waals surface area contributed by atoms with Gasteiger partial charge in [-0.05, 0) is 51.3 Å². The standard InChI is InChI=1S/C21H35N3O3S/c1-5-28(26,27)23(14-17(2)3)16-21(25)24(20-10-12-22-13-11-20)15-19-8-6-18(4)7-9-19/h6-9,17,20,22H,5,10-16H2,1-4H3. The van der Waals surface area contributed by atoms with Crippen molar-refractivity contribution in [3.05, 3.63) is 35.4 Å². The first-order valence-electron chi connectivity index (χ1n) is 10.3. The number of nitrogens with zero attached hydrogens (tertiary/aromatic N) is 2. The van der Waals surface area contributed by atoms with Gasteiger partial charge in [-0.15, -0.1) is 0 Å². The van der Waals surface area contributed by atoms with Gasteiger partial charge in [-0.3, -0.25) is 4.79 Å². The van der Waals surface area contributed by atoms with Gasteiger partial charge in [-0.1, -0.05) is 43.7 Å². The number of benzene rings is 1. The first-order chi connectivity index (χ1) is 13.2. The molecule has 7 heteroatoms. The zero-order valence-electron chi connectivity index (χ0n) is 17.6. The number of carbonyl (C=O) groups excluding carboxylic acids is 1. The summed E-state index contributed by atoms with van der Waals surface area (Å²) >= 11 is 0. The van der Waals surface area contributed by atoms with Crippen molar-refractivity contribution >= 4 is 15.9 Å². The van der Waals surface area contributed by atoms with E-state index in [1.54, 1.807) is 6.92 Å². The van der Waals surface area contributed by atoms with Crippen LogP contribution in [0.5, 0.6) is 0 Å². The first kappa shape index (κ1) is 22.8. The van der Waals surface area contributed by atoms with Crippen LogP contribution >= 0.6 is 0 Å². The van der Waals surface area contributed by atoms with Crippen molar-refractivity contribution < 1.29 is 13.2 Å². The summed E-state index contributed by atoms with van der Waals surface area (Å²) in [6, 6.07) is 8.33. The van der Waals surface area contributed by atoms with E-state index in [2.05, 4.69) is 5.32 Å². The lowest BCUT2D eigenvalue weighted by atomic mass is 10.0. The lowest BCUT2D eigenvalue weighted by molar-refractivity contribution is -0.135. The van der Waals surface area contributed by atoms with E-state index in [1.165, 1.54) is 9.87 Å². The van der Waals surface area contributed by atoms with Crippen molar-refractivity contribution in [1.82, 2.24) is 14.5 Å². The first-order valence-corrected chi connectivity index (χ1v) is 11.9. The average molecular weight is 410 g/mol. The molecular weight excluding hydrogens is 374 g/mol. The second kappa shape index (κ2) is 10.4. The van der Waals surface area contributed by atoms with Gasteiger partial charge in [0.1, 0.15) is 0 Å². The molecule has 0 atom stereocenters. The van der Waals surface area contributed by atoms with Crippen LogP contribution in [0.15, 0.2) is 24.3 Å². The Hall–Kier alpha value is -1.44. The Bertz CT molecular complexity index is 726. The van der Waals surface area contributed by atoms with Crippen molar-refractivity contribution in [2.45, 2.75) is 53.1 Å². The molecule has 0 radical (unpaired) electrons. The minimum atomic E-state index is -3.42. The van der Waals surface area contributed by atoms with Gasteiger partial charge in [0, 0.05) is 19.1 Å². The molecular formula is C21H35N3O3S. The molecule has 0 aliphatic carbocycles. The number of sulfonamides is 1. The van der Waals surface area contributed by atoms with Gasteiger partial charge in [-0.2, -0.15) is 4.31 Å². The second-order valence-electron chi connectivity index (χ2n) is 8.08. The smallest absolute Gasteiger partial charge is 0.238 e. The van der Waals surface area contributed by atoms with E-state index in [0.717, 1.165) is 31.5 Å². The number of piperidine rings is 1. The molecule has 1 saturated heterocycles. The van der Waals surface area contributed by atoms with Gasteiger partial charge in [0.15, 0.2) is 0 Å². The molecule has 28 heavy (non-hydrogen) atoms. The van der Waals surface area contributed by atoms with Gasteiger partial charge >= 0.3 is 0 Å². The molecule has 0 unspecified atom stereocenters. The minimum Gasteiger partial charge on any atom is -0.334 e. The predicted octanol–water partition coefficient (Wildman–Crippen LogP) is 2.38. The van der Waals surface area contributed by atoms with Crippen molar-refractivity contribution in [3.63, 3.8) is 0 Å². The fourth-order valence-corrected chi connectivity index (χ4v) is 4.73. The molecule has 1 aromatic carbocycles. The normalized spacial score (nSPS) is 15.9. The molecule has 1 aromatic rings. The van der Waals surface area contributed by atoms with Crippen LogP contribution < -0.4 is 5.32 Å². The zero-order valence-corrected chi connectivity index (χ0v) is 18.5. The van der Waals surface area contributed by atoms with E-state index in [9.17, 15) is 13.2 Å². The number of nitrogens with one attached hydrogen (secondary N) is 1. The fourth-order valence-electron chi connectivity index (χ4n) is 3.54. The van der Waals surface area contributed by atoms with E-state index in [0.29, 0.717) is 13.1 Å². The summed E-state index contributed by atoms with van der Waals surface area (Å²) in [5, 5.41) is 3.34. The van der Waals surface area contributed by atoms with Crippen LogP contribution in [0, 0.1) is 12.8 Å². The maximum atomic E-state index is 13.3. The highest BCUT2D eigenvalue weighted by Crippen LogP contribution is 2.18. The Morgan fingerprint density at radius 2 is 1.79 bits per heavy atom. The SMILES string of the molecule is CCS(=O)(=O)N(CC(=O)N(Cc1ccc(C)cc1)C1CCNCC1)CC(C)C. The Morgan fingerprint density at radius 1 is 1.18 bits per heavy atom. The molecule has 6 nitrogen and oxygen atoms in total. The average Bonchev–Trinajstić information content (AvgIpc) is 2.67. The van der Waals surface area contributed by atoms with Crippen molar-refractivity contribution in [2.75, 3.05) is 31.9 Å². The fraction of sp³-hybridized carbons (Fsp3) is 0.667. The largest absolute Gasteiger partial charge is 0.334 e. The molecule has 1 aliphatic rings. The van der Waals surface area contributed by atoms with Gasteiger partial charge in [0.2, 0.25) is 15.9 Å². The summed E-state index contributed by atoms with van der Waals surface area (Å²) in [5.41, 5.74) is 2.26. The highest BCUT2D eigenvalue weighted by Gasteiger charge is 2.30. The topological polar surface area (TPSA) is 69.7 Å². The molecule has 158 valence electrons. The van der Waals surface area contributed by atoms with Crippen LogP contribution in [-0.2, 0) is 21.4 Å². The summed E-state index contributed by atoms with van der Waals surface area (Å²) in [5.74, 6) is 0.0712. The van der Waals surface area contributed by atoms with E-state index >= 15 is 0 Å². The maximum Gasteiger partial charge on any atom is 0.238 e. The summed E-state index contributed by atoms with van der Waals surface area (Å²) < 4.78 is 26.4. The summed E-state index contributed by atoms with van der Waals surface area (Å²) in [6.07, 6.45) is 1.78. The number of carbonyl (C=O) groups is 1. The van der Waals surface area contributed by atoms with Gasteiger partial charge < -0.3 is 10.2 Å². The van der Waals surface area contributed by atoms with Crippen molar-refractivity contribution in [2.24, 2.45) is 5.92 Å². The molecule has 0 spiro atoms. The van der Waals surface area contributed by atoms with Crippen LogP contribution in [0.3, 0.4) is 0 Å². The van der Waals surface area contributed by atoms with E-state index in [1.807, 2.05) is 49.9 Å². The number of amides is 1. The monoisotopic (exact) mass is 409 g/mol. The lowest BCUT2D eigenvalue weighted by Crippen LogP contribution is -2.50. The van der Waals surface area contributed by atoms with Gasteiger partial charge in [0.05, 0.1) is 12.3 Å². The molecule has 1 amide bonds. The van der Waals surface area contributed by atoms with Crippen LogP contribution in [-0.4, -0.2) is 61.5 Å². The van der Waals surface area contributed by atoms with Crippen LogP contribution in [0.1, 0.15) is 44.7 Å². The third-order valence-corrected chi connectivity index (χ3v) is 6.98. The van der Waals surface area contributed by atoms with Crippen LogP contribution in [0.4, 0.5) is 0 Å². The van der Waals surface area contributed by atoms with E-state index in [4.69, 9.17) is 0 Å². The molecule has 1 heterocycles. The third kappa shape index (κ3) is 6.57. The summed E-state index contributed by atoms with van der Waals surface area (Å²) in [4.78, 5) is 15.2. The molecule has 1 fully saturated rings. The van der Waals surface area contributed by atoms with Crippen molar-refractivity contribution in [1.29, 1.82) is 0 Å². The van der Waals surface area contributed by atoms with Crippen LogP contribution in [0.25, 0.3) is 0 Å². The van der Waals surface area contributed by atoms with Gasteiger partial charge in [0.25, 0.3) is 0 Å². The molecule has 0 bridgehead atoms. The van der Waals surface area contributed by atoms with Gasteiger partial charge in [-0.25, -0.2) is 8.42 Å². The summed E-state index contributed by atoms with van der Waals surface area (Å²) in [7, 11) is -3.42. The Balaban J connectivity index is 2.21. The number of rotatable bonds is 9. The zero-order chi connectivity index (χ0) is 20.7. The lowest BCUT2D eigenvalue weighted by Gasteiger charge is -2.36. The second-order valence-corrected chi connectivity index (χ2v) is 10.3. The molecule has 0 aromatic heterocycles. The Kier molecular flexibility index (Phi) is 8.46. The molecule has 1 N–H and O–H groups in total. The van der Waals surface area contributed by atoms with Crippen molar-refractivity contribution in [3.8, 4) is 0 Å². The molecule has 2 rings (SSSR count). The quantitative estimate of drug-likeness (QED) is 0.680. The number of aryl methyl sites for hydroxylation is 1. The highest BCUT2D eigenvalue weighted by molar-refractivity contribution is 7.89. The summed E-state index contributed by atoms with van der Waals surface area (Å²) in [6.45, 7) is 10.2. The predicted molar refractivity (Wildman–Crippen MR) is 113 cm³/mol. The molecule has 1 aliphatic heterocycles. The Morgan fingerprint density at radius 3 is 2.32 bits per heavy atom.